The van der Waals surface area contributed by atoms with Crippen LogP contribution in [0.4, 0.5) is 5.95 Å². The minimum Gasteiger partial charge on any atom is -0.390 e. The average molecular weight is 251 g/mol. The molecule has 1 saturated heterocycles. The van der Waals surface area contributed by atoms with Crippen LogP contribution in [0.2, 0.25) is 0 Å². The number of hydrogen-bond donors (Lipinski definition) is 1. The first-order chi connectivity index (χ1) is 8.69. The van der Waals surface area contributed by atoms with Gasteiger partial charge in [0.1, 0.15) is 0 Å². The van der Waals surface area contributed by atoms with Gasteiger partial charge >= 0.3 is 0 Å². The van der Waals surface area contributed by atoms with Gasteiger partial charge < -0.3 is 14.7 Å². The standard InChI is InChI=1S/C13H21N3O2/c1-10-7-12(9-17)15-13(14-10)16(2)8-11-3-5-18-6-4-11/h7,11,17H,3-6,8-9H2,1-2H3. The second kappa shape index (κ2) is 6.11. The van der Waals surface area contributed by atoms with Crippen LogP contribution in [0.1, 0.15) is 24.2 Å². The molecule has 2 rings (SSSR count). The van der Waals surface area contributed by atoms with E-state index in [9.17, 15) is 0 Å². The highest BCUT2D eigenvalue weighted by Crippen LogP contribution is 2.18. The van der Waals surface area contributed by atoms with E-state index >= 15 is 0 Å². The van der Waals surface area contributed by atoms with Crippen molar-refractivity contribution in [2.75, 3.05) is 31.7 Å². The molecule has 5 nitrogen and oxygen atoms in total. The number of ether oxygens (including phenoxy) is 1. The third-order valence-corrected chi connectivity index (χ3v) is 3.27. The second-order valence-electron chi connectivity index (χ2n) is 4.90. The van der Waals surface area contributed by atoms with E-state index in [-0.39, 0.29) is 6.61 Å². The van der Waals surface area contributed by atoms with E-state index in [4.69, 9.17) is 9.84 Å². The SMILES string of the molecule is Cc1cc(CO)nc(N(C)CC2CCOCC2)n1. The van der Waals surface area contributed by atoms with Gasteiger partial charge in [-0.25, -0.2) is 9.97 Å². The van der Waals surface area contributed by atoms with Crippen molar-refractivity contribution >= 4 is 5.95 Å². The summed E-state index contributed by atoms with van der Waals surface area (Å²) in [5.74, 6) is 1.34. The summed E-state index contributed by atoms with van der Waals surface area (Å²) in [5, 5.41) is 9.16. The molecule has 0 saturated carbocycles. The Morgan fingerprint density at radius 2 is 2.11 bits per heavy atom. The van der Waals surface area contributed by atoms with Crippen molar-refractivity contribution in [2.24, 2.45) is 5.92 Å². The Morgan fingerprint density at radius 3 is 2.78 bits per heavy atom. The van der Waals surface area contributed by atoms with Crippen molar-refractivity contribution < 1.29 is 9.84 Å². The Morgan fingerprint density at radius 1 is 1.39 bits per heavy atom. The number of nitrogens with zero attached hydrogens (tertiary/aromatic N) is 3. The van der Waals surface area contributed by atoms with Gasteiger partial charge in [-0.3, -0.25) is 0 Å². The van der Waals surface area contributed by atoms with Crippen LogP contribution in [0.3, 0.4) is 0 Å². The maximum atomic E-state index is 9.16. The van der Waals surface area contributed by atoms with E-state index in [1.807, 2.05) is 20.0 Å². The lowest BCUT2D eigenvalue weighted by Crippen LogP contribution is -2.30. The summed E-state index contributed by atoms with van der Waals surface area (Å²) in [4.78, 5) is 10.8. The second-order valence-corrected chi connectivity index (χ2v) is 4.90. The predicted octanol–water partition coefficient (Wildman–Crippen LogP) is 1.14. The molecule has 0 aromatic carbocycles. The Kier molecular flexibility index (Phi) is 4.49. The lowest BCUT2D eigenvalue weighted by atomic mass is 10.00. The summed E-state index contributed by atoms with van der Waals surface area (Å²) >= 11 is 0. The zero-order valence-corrected chi connectivity index (χ0v) is 11.1. The first kappa shape index (κ1) is 13.2. The molecule has 0 radical (unpaired) electrons. The highest BCUT2D eigenvalue weighted by Gasteiger charge is 2.17. The lowest BCUT2D eigenvalue weighted by molar-refractivity contribution is 0.0684. The van der Waals surface area contributed by atoms with Crippen molar-refractivity contribution in [3.8, 4) is 0 Å². The summed E-state index contributed by atoms with van der Waals surface area (Å²) in [7, 11) is 2.01. The average Bonchev–Trinajstić information content (AvgIpc) is 2.39. The molecule has 1 aromatic rings. The minimum atomic E-state index is -0.0402. The Bertz CT molecular complexity index is 392. The zero-order valence-electron chi connectivity index (χ0n) is 11.1. The Hall–Kier alpha value is -1.20. The monoisotopic (exact) mass is 251 g/mol. The lowest BCUT2D eigenvalue weighted by Gasteiger charge is -2.27. The van der Waals surface area contributed by atoms with E-state index in [0.717, 1.165) is 38.3 Å². The number of aliphatic hydroxyl groups is 1. The van der Waals surface area contributed by atoms with Crippen LogP contribution in [-0.4, -0.2) is 41.9 Å². The molecule has 100 valence electrons. The molecule has 1 aliphatic heterocycles. The van der Waals surface area contributed by atoms with Gasteiger partial charge in [0.05, 0.1) is 12.3 Å². The smallest absolute Gasteiger partial charge is 0.225 e. The minimum absolute atomic E-state index is 0.0402. The number of aryl methyl sites for hydroxylation is 1. The maximum absolute atomic E-state index is 9.16. The van der Waals surface area contributed by atoms with E-state index in [1.54, 1.807) is 0 Å². The largest absolute Gasteiger partial charge is 0.390 e. The van der Waals surface area contributed by atoms with Gasteiger partial charge in [0.2, 0.25) is 5.95 Å². The van der Waals surface area contributed by atoms with Gasteiger partial charge in [-0.1, -0.05) is 0 Å². The zero-order chi connectivity index (χ0) is 13.0. The van der Waals surface area contributed by atoms with Crippen LogP contribution in [0.5, 0.6) is 0 Å². The van der Waals surface area contributed by atoms with E-state index in [0.29, 0.717) is 17.6 Å². The van der Waals surface area contributed by atoms with Crippen LogP contribution in [0, 0.1) is 12.8 Å². The van der Waals surface area contributed by atoms with Gasteiger partial charge in [0.25, 0.3) is 0 Å². The number of aromatic nitrogens is 2. The van der Waals surface area contributed by atoms with Gasteiger partial charge in [-0.2, -0.15) is 0 Å². The molecular weight excluding hydrogens is 230 g/mol. The third-order valence-electron chi connectivity index (χ3n) is 3.27. The van der Waals surface area contributed by atoms with Crippen molar-refractivity contribution in [1.82, 2.24) is 9.97 Å². The molecule has 2 heterocycles. The van der Waals surface area contributed by atoms with E-state index in [2.05, 4.69) is 14.9 Å². The van der Waals surface area contributed by atoms with Crippen LogP contribution < -0.4 is 4.90 Å². The Balaban J connectivity index is 2.02. The summed E-state index contributed by atoms with van der Waals surface area (Å²) in [6, 6.07) is 1.81. The molecule has 0 unspecified atom stereocenters. The fourth-order valence-corrected chi connectivity index (χ4v) is 2.27. The summed E-state index contributed by atoms with van der Waals surface area (Å²) in [6.07, 6.45) is 2.20. The summed E-state index contributed by atoms with van der Waals surface area (Å²) in [5.41, 5.74) is 1.57. The number of anilines is 1. The topological polar surface area (TPSA) is 58.5 Å². The summed E-state index contributed by atoms with van der Waals surface area (Å²) in [6.45, 7) is 4.54. The normalized spacial score (nSPS) is 16.8. The molecule has 1 aromatic heterocycles. The van der Waals surface area contributed by atoms with Gasteiger partial charge in [0.15, 0.2) is 0 Å². The highest BCUT2D eigenvalue weighted by molar-refractivity contribution is 5.31. The van der Waals surface area contributed by atoms with Crippen molar-refractivity contribution in [2.45, 2.75) is 26.4 Å². The molecule has 0 spiro atoms. The highest BCUT2D eigenvalue weighted by atomic mass is 16.5. The van der Waals surface area contributed by atoms with Crippen molar-refractivity contribution in [3.63, 3.8) is 0 Å². The molecule has 5 heteroatoms. The molecule has 1 fully saturated rings. The molecule has 18 heavy (non-hydrogen) atoms. The van der Waals surface area contributed by atoms with Crippen LogP contribution >= 0.6 is 0 Å². The van der Waals surface area contributed by atoms with Gasteiger partial charge in [-0.05, 0) is 31.7 Å². The molecule has 1 aliphatic rings. The molecule has 0 bridgehead atoms. The first-order valence-corrected chi connectivity index (χ1v) is 6.43. The number of hydrogen-bond acceptors (Lipinski definition) is 5. The Labute approximate surface area is 108 Å². The molecular formula is C13H21N3O2. The van der Waals surface area contributed by atoms with Crippen LogP contribution in [0.25, 0.3) is 0 Å². The molecule has 0 atom stereocenters. The third kappa shape index (κ3) is 3.40. The quantitative estimate of drug-likeness (QED) is 0.869. The van der Waals surface area contributed by atoms with Crippen molar-refractivity contribution in [3.05, 3.63) is 17.5 Å². The van der Waals surface area contributed by atoms with Gasteiger partial charge in [0, 0.05) is 32.5 Å². The molecule has 1 N–H and O–H groups in total. The predicted molar refractivity (Wildman–Crippen MR) is 69.5 cm³/mol. The van der Waals surface area contributed by atoms with E-state index in [1.165, 1.54) is 0 Å². The van der Waals surface area contributed by atoms with Gasteiger partial charge in [-0.15, -0.1) is 0 Å². The number of rotatable bonds is 4. The van der Waals surface area contributed by atoms with E-state index < -0.39 is 0 Å². The maximum Gasteiger partial charge on any atom is 0.225 e. The van der Waals surface area contributed by atoms with Crippen LogP contribution in [0.15, 0.2) is 6.07 Å². The van der Waals surface area contributed by atoms with Crippen molar-refractivity contribution in [1.29, 1.82) is 0 Å². The number of aliphatic hydroxyl groups excluding tert-OH is 1. The molecule has 0 aliphatic carbocycles. The fraction of sp³-hybridized carbons (Fsp3) is 0.692. The van der Waals surface area contributed by atoms with Crippen LogP contribution in [-0.2, 0) is 11.3 Å². The summed E-state index contributed by atoms with van der Waals surface area (Å²) < 4.78 is 5.36. The molecule has 0 amide bonds. The fourth-order valence-electron chi connectivity index (χ4n) is 2.27. The first-order valence-electron chi connectivity index (χ1n) is 6.43.